The van der Waals surface area contributed by atoms with Crippen LogP contribution in [0.4, 0.5) is 4.79 Å². The number of carbonyl (C=O) groups excluding carboxylic acids is 1. The van der Waals surface area contributed by atoms with Gasteiger partial charge in [-0.1, -0.05) is 0 Å². The van der Waals surface area contributed by atoms with Crippen LogP contribution in [0.1, 0.15) is 27.7 Å². The maximum Gasteiger partial charge on any atom is 0.407 e. The zero-order chi connectivity index (χ0) is 10.5. The molecule has 78 valence electrons. The molecule has 0 bridgehead atoms. The Kier molecular flexibility index (Phi) is 4.72. The lowest BCUT2D eigenvalue weighted by atomic mass is 10.2. The van der Waals surface area contributed by atoms with Gasteiger partial charge in [0.2, 0.25) is 0 Å². The van der Waals surface area contributed by atoms with Gasteiger partial charge >= 0.3 is 6.09 Å². The van der Waals surface area contributed by atoms with Crippen LogP contribution in [0.15, 0.2) is 0 Å². The van der Waals surface area contributed by atoms with Gasteiger partial charge in [0.25, 0.3) is 0 Å². The first-order valence-corrected chi connectivity index (χ1v) is 4.28. The van der Waals surface area contributed by atoms with Crippen LogP contribution in [0.3, 0.4) is 0 Å². The summed E-state index contributed by atoms with van der Waals surface area (Å²) in [7, 11) is 0. The second-order valence-electron chi connectivity index (χ2n) is 3.96. The normalized spacial score (nSPS) is 13.6. The largest absolute Gasteiger partial charge is 0.444 e. The Balaban J connectivity index is 3.74. The number of hydrogen-bond acceptors (Lipinski definition) is 4. The minimum atomic E-state index is -0.458. The summed E-state index contributed by atoms with van der Waals surface area (Å²) in [5, 5.41) is 2.63. The molecule has 4 N–H and O–H groups in total. The third kappa shape index (κ3) is 7.55. The minimum absolute atomic E-state index is 0.0418. The Hall–Kier alpha value is -0.810. The molecule has 5 nitrogen and oxygen atoms in total. The van der Waals surface area contributed by atoms with Gasteiger partial charge in [0.15, 0.2) is 0 Å². The highest BCUT2D eigenvalue weighted by molar-refractivity contribution is 5.68. The summed E-state index contributed by atoms with van der Waals surface area (Å²) in [6, 6.07) is -0.0418. The lowest BCUT2D eigenvalue weighted by molar-refractivity contribution is 0.0508. The molecule has 1 amide bonds. The Bertz CT molecular complexity index is 165. The molecule has 0 aliphatic heterocycles. The smallest absolute Gasteiger partial charge is 0.407 e. The molecule has 5 heteroatoms. The van der Waals surface area contributed by atoms with Crippen LogP contribution >= 0.6 is 0 Å². The van der Waals surface area contributed by atoms with Crippen molar-refractivity contribution in [3.63, 3.8) is 0 Å². The summed E-state index contributed by atoms with van der Waals surface area (Å²) in [6.07, 6.45) is -0.421. The number of nitrogens with two attached hydrogens (primary N) is 1. The van der Waals surface area contributed by atoms with Crippen LogP contribution in [0.25, 0.3) is 0 Å². The van der Waals surface area contributed by atoms with E-state index >= 15 is 0 Å². The molecule has 13 heavy (non-hydrogen) atoms. The Labute approximate surface area is 79.0 Å². The number of nitrogens with one attached hydrogen (secondary N) is 2. The quantitative estimate of drug-likeness (QED) is 0.442. The van der Waals surface area contributed by atoms with Gasteiger partial charge in [-0.15, -0.1) is 0 Å². The standard InChI is InChI=1S/C8H19N3O2/c1-6(5-10-9)11-7(12)13-8(2,3)4/h6,10H,5,9H2,1-4H3,(H,11,12)/t6-/m1/s1. The fourth-order valence-corrected chi connectivity index (χ4v) is 0.737. The highest BCUT2D eigenvalue weighted by Crippen LogP contribution is 2.06. The van der Waals surface area contributed by atoms with Crippen molar-refractivity contribution < 1.29 is 9.53 Å². The van der Waals surface area contributed by atoms with Gasteiger partial charge in [-0.05, 0) is 27.7 Å². The zero-order valence-corrected chi connectivity index (χ0v) is 8.68. The maximum atomic E-state index is 11.1. The summed E-state index contributed by atoms with van der Waals surface area (Å²) in [5.74, 6) is 5.09. The number of rotatable bonds is 3. The second-order valence-corrected chi connectivity index (χ2v) is 3.96. The summed E-state index contributed by atoms with van der Waals surface area (Å²) >= 11 is 0. The molecule has 0 spiro atoms. The van der Waals surface area contributed by atoms with Crippen LogP contribution in [-0.4, -0.2) is 24.3 Å². The minimum Gasteiger partial charge on any atom is -0.444 e. The van der Waals surface area contributed by atoms with Gasteiger partial charge in [0, 0.05) is 12.6 Å². The summed E-state index contributed by atoms with van der Waals surface area (Å²) in [5.41, 5.74) is 2.01. The Morgan fingerprint density at radius 2 is 2.08 bits per heavy atom. The molecule has 0 aliphatic carbocycles. The number of carbonyl (C=O) groups is 1. The van der Waals surface area contributed by atoms with E-state index in [1.807, 2.05) is 27.7 Å². The first-order chi connectivity index (χ1) is 5.85. The first-order valence-electron chi connectivity index (χ1n) is 4.28. The molecular formula is C8H19N3O2. The van der Waals surface area contributed by atoms with Crippen molar-refractivity contribution in [1.29, 1.82) is 0 Å². The van der Waals surface area contributed by atoms with E-state index < -0.39 is 11.7 Å². The molecule has 0 aromatic rings. The van der Waals surface area contributed by atoms with Crippen LogP contribution in [-0.2, 0) is 4.74 Å². The third-order valence-corrected chi connectivity index (χ3v) is 1.19. The van der Waals surface area contributed by atoms with Crippen LogP contribution < -0.4 is 16.6 Å². The van der Waals surface area contributed by atoms with Gasteiger partial charge < -0.3 is 10.1 Å². The second kappa shape index (κ2) is 5.04. The van der Waals surface area contributed by atoms with E-state index in [0.29, 0.717) is 6.54 Å². The topological polar surface area (TPSA) is 76.4 Å². The summed E-state index contributed by atoms with van der Waals surface area (Å²) in [6.45, 7) is 7.80. The average molecular weight is 189 g/mol. The Morgan fingerprint density at radius 3 is 2.46 bits per heavy atom. The molecule has 0 rings (SSSR count). The first kappa shape index (κ1) is 12.2. The van der Waals surface area contributed by atoms with Crippen molar-refractivity contribution in [2.75, 3.05) is 6.54 Å². The Morgan fingerprint density at radius 1 is 1.54 bits per heavy atom. The molecular weight excluding hydrogens is 170 g/mol. The van der Waals surface area contributed by atoms with E-state index in [2.05, 4.69) is 10.7 Å². The van der Waals surface area contributed by atoms with E-state index in [-0.39, 0.29) is 6.04 Å². The number of alkyl carbamates (subject to hydrolysis) is 1. The molecule has 0 saturated carbocycles. The fraction of sp³-hybridized carbons (Fsp3) is 0.875. The highest BCUT2D eigenvalue weighted by Gasteiger charge is 2.17. The van der Waals surface area contributed by atoms with Crippen molar-refractivity contribution in [3.05, 3.63) is 0 Å². The molecule has 0 saturated heterocycles. The van der Waals surface area contributed by atoms with E-state index in [4.69, 9.17) is 10.6 Å². The van der Waals surface area contributed by atoms with E-state index in [1.54, 1.807) is 0 Å². The average Bonchev–Trinajstić information content (AvgIpc) is 1.81. The van der Waals surface area contributed by atoms with Gasteiger partial charge in [-0.2, -0.15) is 0 Å². The molecule has 1 atom stereocenters. The van der Waals surface area contributed by atoms with Crippen molar-refractivity contribution in [2.24, 2.45) is 5.84 Å². The molecule has 0 aromatic carbocycles. The lowest BCUT2D eigenvalue weighted by Crippen LogP contribution is -2.44. The van der Waals surface area contributed by atoms with Crippen LogP contribution in [0.5, 0.6) is 0 Å². The predicted molar refractivity (Wildman–Crippen MR) is 51.0 cm³/mol. The number of hydrazine groups is 1. The number of amides is 1. The molecule has 0 radical (unpaired) electrons. The van der Waals surface area contributed by atoms with Crippen molar-refractivity contribution >= 4 is 6.09 Å². The highest BCUT2D eigenvalue weighted by atomic mass is 16.6. The SMILES string of the molecule is C[C@H](CNN)NC(=O)OC(C)(C)C. The summed E-state index contributed by atoms with van der Waals surface area (Å²) < 4.78 is 5.04. The summed E-state index contributed by atoms with van der Waals surface area (Å²) in [4.78, 5) is 11.1. The van der Waals surface area contributed by atoms with Gasteiger partial charge in [-0.25, -0.2) is 4.79 Å². The maximum absolute atomic E-state index is 11.1. The molecule has 0 unspecified atom stereocenters. The third-order valence-electron chi connectivity index (χ3n) is 1.19. The number of ether oxygens (including phenoxy) is 1. The number of hydrogen-bond donors (Lipinski definition) is 3. The van der Waals surface area contributed by atoms with Crippen LogP contribution in [0, 0.1) is 0 Å². The van der Waals surface area contributed by atoms with Crippen molar-refractivity contribution in [3.8, 4) is 0 Å². The van der Waals surface area contributed by atoms with Crippen molar-refractivity contribution in [2.45, 2.75) is 39.3 Å². The van der Waals surface area contributed by atoms with Crippen molar-refractivity contribution in [1.82, 2.24) is 10.7 Å². The van der Waals surface area contributed by atoms with Crippen LogP contribution in [0.2, 0.25) is 0 Å². The lowest BCUT2D eigenvalue weighted by Gasteiger charge is -2.21. The molecule has 0 heterocycles. The van der Waals surface area contributed by atoms with E-state index in [1.165, 1.54) is 0 Å². The monoisotopic (exact) mass is 189 g/mol. The van der Waals surface area contributed by atoms with E-state index in [0.717, 1.165) is 0 Å². The molecule has 0 aliphatic rings. The fourth-order valence-electron chi connectivity index (χ4n) is 0.737. The van der Waals surface area contributed by atoms with Gasteiger partial charge in [0.1, 0.15) is 5.60 Å². The van der Waals surface area contributed by atoms with Gasteiger partial charge in [-0.3, -0.25) is 11.3 Å². The predicted octanol–water partition coefficient (Wildman–Crippen LogP) is 0.363. The van der Waals surface area contributed by atoms with E-state index in [9.17, 15) is 4.79 Å². The zero-order valence-electron chi connectivity index (χ0n) is 8.68. The molecule has 0 fully saturated rings. The molecule has 0 aromatic heterocycles. The van der Waals surface area contributed by atoms with Gasteiger partial charge in [0.05, 0.1) is 0 Å².